The van der Waals surface area contributed by atoms with Crippen LogP contribution in [0, 0.1) is 17.0 Å². The molecule has 27 heavy (non-hydrogen) atoms. The van der Waals surface area contributed by atoms with Crippen LogP contribution in [0.15, 0.2) is 18.3 Å². The smallest absolute Gasteiger partial charge is 0.343 e. The van der Waals surface area contributed by atoms with Gasteiger partial charge in [0.1, 0.15) is 6.20 Å². The summed E-state index contributed by atoms with van der Waals surface area (Å²) in [6, 6.07) is 2.77. The summed E-state index contributed by atoms with van der Waals surface area (Å²) in [5.74, 6) is -0.754. The first-order valence-corrected chi connectivity index (χ1v) is 7.63. The van der Waals surface area contributed by atoms with E-state index in [1.54, 1.807) is 0 Å². The molecule has 0 atom stereocenters. The number of amides is 1. The first kappa shape index (κ1) is 19.7. The van der Waals surface area contributed by atoms with Gasteiger partial charge in [0.05, 0.1) is 32.6 Å². The number of carbonyl (C=O) groups excluding carboxylic acids is 2. The van der Waals surface area contributed by atoms with Crippen molar-refractivity contribution in [1.29, 1.82) is 0 Å². The first-order chi connectivity index (χ1) is 12.8. The van der Waals surface area contributed by atoms with Crippen molar-refractivity contribution in [3.05, 3.63) is 39.8 Å². The van der Waals surface area contributed by atoms with Crippen molar-refractivity contribution in [3.63, 3.8) is 0 Å². The van der Waals surface area contributed by atoms with Gasteiger partial charge >= 0.3 is 11.8 Å². The second-order valence-corrected chi connectivity index (χ2v) is 5.30. The Morgan fingerprint density at radius 2 is 1.85 bits per heavy atom. The molecule has 0 bridgehead atoms. The lowest BCUT2D eigenvalue weighted by Crippen LogP contribution is -2.22. The Hall–Kier alpha value is -3.63. The molecule has 0 aliphatic rings. The minimum Gasteiger partial charge on any atom is -0.493 e. The van der Waals surface area contributed by atoms with E-state index in [1.807, 2.05) is 0 Å². The average molecular weight is 378 g/mol. The van der Waals surface area contributed by atoms with E-state index >= 15 is 0 Å². The summed E-state index contributed by atoms with van der Waals surface area (Å²) in [7, 11) is 4.00. The normalized spacial score (nSPS) is 10.2. The van der Waals surface area contributed by atoms with Gasteiger partial charge in [-0.1, -0.05) is 0 Å². The number of aryl methyl sites for hydroxylation is 1. The highest BCUT2D eigenvalue weighted by atomic mass is 16.6. The molecule has 1 N–H and O–H groups in total. The van der Waals surface area contributed by atoms with Crippen molar-refractivity contribution >= 4 is 23.4 Å². The van der Waals surface area contributed by atoms with Gasteiger partial charge in [-0.25, -0.2) is 14.3 Å². The van der Waals surface area contributed by atoms with E-state index in [2.05, 4.69) is 10.3 Å². The number of carbonyl (C=O) groups is 2. The number of benzene rings is 1. The van der Waals surface area contributed by atoms with E-state index in [0.29, 0.717) is 5.82 Å². The van der Waals surface area contributed by atoms with Gasteiger partial charge in [0.2, 0.25) is 0 Å². The summed E-state index contributed by atoms with van der Waals surface area (Å²) >= 11 is 0. The van der Waals surface area contributed by atoms with Crippen molar-refractivity contribution < 1.29 is 28.7 Å². The molecule has 2 rings (SSSR count). The predicted molar refractivity (Wildman–Crippen MR) is 93.1 cm³/mol. The van der Waals surface area contributed by atoms with Crippen LogP contribution >= 0.6 is 0 Å². The second kappa shape index (κ2) is 8.17. The van der Waals surface area contributed by atoms with Crippen molar-refractivity contribution in [2.75, 3.05) is 26.6 Å². The maximum Gasteiger partial charge on any atom is 0.343 e. The molecule has 0 radical (unpaired) electrons. The minimum absolute atomic E-state index is 0.0420. The fourth-order valence-corrected chi connectivity index (χ4v) is 2.39. The topological polar surface area (TPSA) is 135 Å². The van der Waals surface area contributed by atoms with Crippen molar-refractivity contribution in [3.8, 4) is 11.5 Å². The molecule has 0 saturated carbocycles. The van der Waals surface area contributed by atoms with Crippen LogP contribution in [0.2, 0.25) is 0 Å². The van der Waals surface area contributed by atoms with Gasteiger partial charge in [0.25, 0.3) is 5.91 Å². The number of hydrogen-bond acceptors (Lipinski definition) is 8. The molecule has 0 saturated heterocycles. The number of hydrogen-bond donors (Lipinski definition) is 1. The molecule has 0 spiro atoms. The van der Waals surface area contributed by atoms with Crippen LogP contribution in [0.5, 0.6) is 11.5 Å². The third-order valence-electron chi connectivity index (χ3n) is 3.73. The van der Waals surface area contributed by atoms with Gasteiger partial charge in [0, 0.05) is 19.1 Å². The lowest BCUT2D eigenvalue weighted by molar-refractivity contribution is -0.392. The summed E-state index contributed by atoms with van der Waals surface area (Å²) < 4.78 is 16.2. The molecule has 2 aromatic rings. The summed E-state index contributed by atoms with van der Waals surface area (Å²) in [6.07, 6.45) is 1.07. The van der Waals surface area contributed by atoms with Crippen LogP contribution in [0.1, 0.15) is 16.2 Å². The molecule has 1 aromatic heterocycles. The zero-order valence-electron chi connectivity index (χ0n) is 15.1. The fraction of sp³-hybridized carbons (Fsp3) is 0.312. The number of nitro groups is 1. The molecule has 1 amide bonds. The summed E-state index contributed by atoms with van der Waals surface area (Å²) in [5, 5.41) is 13.6. The van der Waals surface area contributed by atoms with E-state index < -0.39 is 16.8 Å². The average Bonchev–Trinajstić information content (AvgIpc) is 3.01. The third-order valence-corrected chi connectivity index (χ3v) is 3.73. The Morgan fingerprint density at radius 3 is 2.41 bits per heavy atom. The van der Waals surface area contributed by atoms with Gasteiger partial charge in [-0.15, -0.1) is 0 Å². The molecule has 11 nitrogen and oxygen atoms in total. The van der Waals surface area contributed by atoms with E-state index in [4.69, 9.17) is 14.2 Å². The lowest BCUT2D eigenvalue weighted by atomic mass is 10.1. The molecule has 0 aliphatic carbocycles. The fourth-order valence-electron chi connectivity index (χ4n) is 2.39. The van der Waals surface area contributed by atoms with Crippen LogP contribution in [-0.2, 0) is 16.1 Å². The quantitative estimate of drug-likeness (QED) is 0.435. The van der Waals surface area contributed by atoms with Gasteiger partial charge in [0.15, 0.2) is 23.9 Å². The van der Waals surface area contributed by atoms with E-state index in [9.17, 15) is 19.7 Å². The molecular formula is C16H18N4O7. The number of esters is 1. The third kappa shape index (κ3) is 4.14. The van der Waals surface area contributed by atoms with Crippen molar-refractivity contribution in [2.45, 2.75) is 13.5 Å². The zero-order valence-corrected chi connectivity index (χ0v) is 15.1. The van der Waals surface area contributed by atoms with Crippen LogP contribution in [0.4, 0.5) is 11.5 Å². The van der Waals surface area contributed by atoms with Gasteiger partial charge < -0.3 is 29.6 Å². The molecule has 0 fully saturated rings. The highest BCUT2D eigenvalue weighted by molar-refractivity contribution is 6.02. The maximum atomic E-state index is 12.4. The van der Waals surface area contributed by atoms with E-state index in [0.717, 1.165) is 10.8 Å². The van der Waals surface area contributed by atoms with Gasteiger partial charge in [-0.2, -0.15) is 0 Å². The highest BCUT2D eigenvalue weighted by Crippen LogP contribution is 2.33. The molecule has 11 heteroatoms. The number of imidazole rings is 1. The molecule has 144 valence electrons. The first-order valence-electron chi connectivity index (χ1n) is 7.63. The highest BCUT2D eigenvalue weighted by Gasteiger charge is 2.23. The number of nitrogens with zero attached hydrogens (tertiary/aromatic N) is 3. The minimum atomic E-state index is -0.698. The Balaban J connectivity index is 2.35. The zero-order chi connectivity index (χ0) is 20.1. The Morgan fingerprint density at radius 1 is 1.22 bits per heavy atom. The standard InChI is InChI=1S/C16H18N4O7/c1-9-17-7-15(20(23)24)19(9)8-14(21)18-11-6-13(26-3)12(25-2)5-10(11)16(22)27-4/h5-7H,8H2,1-4H3,(H,18,21). The molecule has 1 heterocycles. The maximum absolute atomic E-state index is 12.4. The number of methoxy groups -OCH3 is 3. The molecular weight excluding hydrogens is 360 g/mol. The monoisotopic (exact) mass is 378 g/mol. The van der Waals surface area contributed by atoms with E-state index in [-0.39, 0.29) is 35.1 Å². The second-order valence-electron chi connectivity index (χ2n) is 5.30. The molecule has 0 unspecified atom stereocenters. The number of aromatic nitrogens is 2. The van der Waals surface area contributed by atoms with Gasteiger partial charge in [-0.05, 0) is 4.92 Å². The van der Waals surface area contributed by atoms with Crippen LogP contribution in [0.25, 0.3) is 0 Å². The number of nitrogens with one attached hydrogen (secondary N) is 1. The summed E-state index contributed by atoms with van der Waals surface area (Å²) in [5.41, 5.74) is 0.158. The van der Waals surface area contributed by atoms with Crippen LogP contribution in [-0.4, -0.2) is 47.7 Å². The Bertz CT molecular complexity index is 891. The molecule has 0 aliphatic heterocycles. The molecule has 1 aromatic carbocycles. The number of rotatable bonds is 7. The summed E-state index contributed by atoms with van der Waals surface area (Å²) in [6.45, 7) is 1.17. The SMILES string of the molecule is COC(=O)c1cc(OC)c(OC)cc1NC(=O)Cn1c([N+](=O)[O-])cnc1C. The Labute approximate surface area is 154 Å². The van der Waals surface area contributed by atoms with E-state index in [1.165, 1.54) is 40.4 Å². The Kier molecular flexibility index (Phi) is 5.96. The number of anilines is 1. The summed E-state index contributed by atoms with van der Waals surface area (Å²) in [4.78, 5) is 38.7. The lowest BCUT2D eigenvalue weighted by Gasteiger charge is -2.14. The predicted octanol–water partition coefficient (Wildman–Crippen LogP) is 1.54. The number of ether oxygens (including phenoxy) is 3. The largest absolute Gasteiger partial charge is 0.493 e. The van der Waals surface area contributed by atoms with Crippen LogP contribution in [0.3, 0.4) is 0 Å². The van der Waals surface area contributed by atoms with Crippen molar-refractivity contribution in [1.82, 2.24) is 9.55 Å². The van der Waals surface area contributed by atoms with Gasteiger partial charge in [-0.3, -0.25) is 4.79 Å². The van der Waals surface area contributed by atoms with Crippen LogP contribution < -0.4 is 14.8 Å². The van der Waals surface area contributed by atoms with Crippen molar-refractivity contribution in [2.24, 2.45) is 0 Å².